The molecule has 0 aliphatic carbocycles. The second kappa shape index (κ2) is 7.98. The van der Waals surface area contributed by atoms with Gasteiger partial charge in [-0.25, -0.2) is 4.98 Å². The molecule has 30 heavy (non-hydrogen) atoms. The minimum absolute atomic E-state index is 0.223. The van der Waals surface area contributed by atoms with Crippen LogP contribution in [0.15, 0.2) is 52.1 Å². The maximum Gasteiger partial charge on any atom is 0.316 e. The van der Waals surface area contributed by atoms with Crippen molar-refractivity contribution in [3.05, 3.63) is 74.6 Å². The first-order chi connectivity index (χ1) is 14.5. The Morgan fingerprint density at radius 3 is 2.70 bits per heavy atom. The number of amides is 1. The third-order valence-electron chi connectivity index (χ3n) is 5.24. The minimum atomic E-state index is -0.690. The molecule has 0 atom stereocenters. The monoisotopic (exact) mass is 405 g/mol. The van der Waals surface area contributed by atoms with Gasteiger partial charge in [-0.2, -0.15) is 0 Å². The number of carbonyl (C=O) groups excluding carboxylic acids is 1. The molecular formula is C22H23N5O3. The highest BCUT2D eigenvalue weighted by molar-refractivity contribution is 5.97. The molecule has 0 saturated carbocycles. The number of imidazole rings is 1. The number of nitrogens with zero attached hydrogens (tertiary/aromatic N) is 3. The van der Waals surface area contributed by atoms with Gasteiger partial charge in [0, 0.05) is 25.2 Å². The number of para-hydroxylation sites is 2. The highest BCUT2D eigenvalue weighted by Crippen LogP contribution is 2.16. The van der Waals surface area contributed by atoms with Gasteiger partial charge in [0.15, 0.2) is 0 Å². The molecule has 0 fully saturated rings. The van der Waals surface area contributed by atoms with Crippen LogP contribution in [-0.2, 0) is 13.1 Å². The summed E-state index contributed by atoms with van der Waals surface area (Å²) < 4.78 is 3.54. The predicted molar refractivity (Wildman–Crippen MR) is 116 cm³/mol. The van der Waals surface area contributed by atoms with Crippen molar-refractivity contribution in [2.75, 3.05) is 6.54 Å². The van der Waals surface area contributed by atoms with Crippen LogP contribution in [0.3, 0.4) is 0 Å². The average molecular weight is 405 g/mol. The first kappa shape index (κ1) is 19.6. The molecule has 2 heterocycles. The van der Waals surface area contributed by atoms with Crippen molar-refractivity contribution in [2.24, 2.45) is 0 Å². The summed E-state index contributed by atoms with van der Waals surface area (Å²) in [6.07, 6.45) is 0.757. The molecule has 2 aromatic heterocycles. The number of carbonyl (C=O) groups is 1. The zero-order chi connectivity index (χ0) is 21.3. The lowest BCUT2D eigenvalue weighted by atomic mass is 10.1. The number of aryl methyl sites for hydroxylation is 3. The smallest absolute Gasteiger partial charge is 0.316 e. The van der Waals surface area contributed by atoms with Gasteiger partial charge in [0.25, 0.3) is 5.91 Å². The number of hydrogen-bond acceptors (Lipinski definition) is 4. The van der Waals surface area contributed by atoms with Crippen LogP contribution in [-0.4, -0.2) is 31.6 Å². The summed E-state index contributed by atoms with van der Waals surface area (Å²) in [6.45, 7) is 5.41. The van der Waals surface area contributed by atoms with Gasteiger partial charge < -0.3 is 19.4 Å². The Balaban J connectivity index is 1.44. The van der Waals surface area contributed by atoms with Crippen LogP contribution in [0.25, 0.3) is 22.1 Å². The van der Waals surface area contributed by atoms with Crippen LogP contribution < -0.4 is 16.4 Å². The second-order valence-corrected chi connectivity index (χ2v) is 7.14. The summed E-state index contributed by atoms with van der Waals surface area (Å²) >= 11 is 0. The van der Waals surface area contributed by atoms with E-state index in [1.54, 1.807) is 25.1 Å². The molecule has 0 spiro atoms. The van der Waals surface area contributed by atoms with E-state index in [0.717, 1.165) is 29.8 Å². The maximum absolute atomic E-state index is 12.5. The number of aromatic amines is 1. The van der Waals surface area contributed by atoms with Crippen molar-refractivity contribution >= 4 is 28.0 Å². The first-order valence-corrected chi connectivity index (χ1v) is 9.96. The Kier molecular flexibility index (Phi) is 5.22. The number of H-pyrrole nitrogens is 1. The van der Waals surface area contributed by atoms with Gasteiger partial charge in [-0.3, -0.25) is 14.4 Å². The molecule has 0 unspecified atom stereocenters. The van der Waals surface area contributed by atoms with Crippen molar-refractivity contribution in [3.63, 3.8) is 0 Å². The van der Waals surface area contributed by atoms with Crippen molar-refractivity contribution < 1.29 is 4.79 Å². The molecule has 154 valence electrons. The van der Waals surface area contributed by atoms with Crippen molar-refractivity contribution in [3.8, 4) is 0 Å². The molecule has 8 heteroatoms. The number of rotatable bonds is 6. The van der Waals surface area contributed by atoms with Crippen LogP contribution in [0.1, 0.15) is 29.5 Å². The summed E-state index contributed by atoms with van der Waals surface area (Å²) in [5.41, 5.74) is 2.27. The van der Waals surface area contributed by atoms with Gasteiger partial charge in [0.05, 0.1) is 22.1 Å². The quantitative estimate of drug-likeness (QED) is 0.379. The van der Waals surface area contributed by atoms with Gasteiger partial charge in [-0.15, -0.1) is 0 Å². The Hall–Kier alpha value is -3.68. The first-order valence-electron chi connectivity index (χ1n) is 9.96. The third kappa shape index (κ3) is 3.52. The van der Waals surface area contributed by atoms with E-state index in [0.29, 0.717) is 29.7 Å². The van der Waals surface area contributed by atoms with Gasteiger partial charge in [-0.05, 0) is 50.6 Å². The van der Waals surface area contributed by atoms with Crippen molar-refractivity contribution in [2.45, 2.75) is 33.4 Å². The summed E-state index contributed by atoms with van der Waals surface area (Å²) in [7, 11) is 0. The number of hydrogen-bond donors (Lipinski definition) is 2. The van der Waals surface area contributed by atoms with Gasteiger partial charge in [0.2, 0.25) is 0 Å². The Morgan fingerprint density at radius 1 is 1.10 bits per heavy atom. The van der Waals surface area contributed by atoms with Gasteiger partial charge in [-0.1, -0.05) is 12.1 Å². The molecule has 0 saturated heterocycles. The highest BCUT2D eigenvalue weighted by Gasteiger charge is 2.11. The molecule has 1 amide bonds. The molecular weight excluding hydrogens is 382 g/mol. The number of aromatic nitrogens is 4. The topological polar surface area (TPSA) is 102 Å². The predicted octanol–water partition coefficient (Wildman–Crippen LogP) is 2.19. The lowest BCUT2D eigenvalue weighted by Gasteiger charge is -2.10. The fraction of sp³-hybridized carbons (Fsp3) is 0.273. The normalized spacial score (nSPS) is 11.3. The van der Waals surface area contributed by atoms with Crippen LogP contribution in [0.5, 0.6) is 0 Å². The van der Waals surface area contributed by atoms with E-state index < -0.39 is 11.1 Å². The molecule has 0 aliphatic rings. The van der Waals surface area contributed by atoms with Crippen LogP contribution in [0.2, 0.25) is 0 Å². The lowest BCUT2D eigenvalue weighted by Crippen LogP contribution is -2.36. The van der Waals surface area contributed by atoms with E-state index in [-0.39, 0.29) is 5.91 Å². The van der Waals surface area contributed by atoms with Gasteiger partial charge in [0.1, 0.15) is 5.82 Å². The van der Waals surface area contributed by atoms with E-state index in [1.165, 1.54) is 4.57 Å². The van der Waals surface area contributed by atoms with E-state index in [4.69, 9.17) is 0 Å². The van der Waals surface area contributed by atoms with E-state index in [2.05, 4.69) is 19.9 Å². The van der Waals surface area contributed by atoms with E-state index >= 15 is 0 Å². The second-order valence-electron chi connectivity index (χ2n) is 7.14. The Morgan fingerprint density at radius 2 is 1.90 bits per heavy atom. The van der Waals surface area contributed by atoms with Crippen molar-refractivity contribution in [1.82, 2.24) is 24.4 Å². The summed E-state index contributed by atoms with van der Waals surface area (Å²) in [6, 6.07) is 12.9. The summed E-state index contributed by atoms with van der Waals surface area (Å²) in [5.74, 6) is 0.724. The third-order valence-corrected chi connectivity index (χ3v) is 5.24. The fourth-order valence-electron chi connectivity index (χ4n) is 3.75. The van der Waals surface area contributed by atoms with Crippen molar-refractivity contribution in [1.29, 1.82) is 0 Å². The lowest BCUT2D eigenvalue weighted by molar-refractivity contribution is 0.0953. The summed E-state index contributed by atoms with van der Waals surface area (Å²) in [4.78, 5) is 43.4. The number of benzene rings is 2. The van der Waals surface area contributed by atoms with Gasteiger partial charge >= 0.3 is 11.1 Å². The number of nitrogens with one attached hydrogen (secondary N) is 2. The molecule has 0 bridgehead atoms. The van der Waals surface area contributed by atoms with Crippen LogP contribution >= 0.6 is 0 Å². The standard InChI is InChI=1S/C22H23N5O3/c1-3-26-19-10-9-15(13-17(19)25-21(29)22(26)30)20(28)23-11-6-12-27-14(2)24-16-7-4-5-8-18(16)27/h4-5,7-10,13H,3,6,11-12H2,1-2H3,(H,23,28)(H,25,29). The summed E-state index contributed by atoms with van der Waals surface area (Å²) in [5, 5.41) is 2.91. The Labute approximate surface area is 172 Å². The molecule has 0 radical (unpaired) electrons. The minimum Gasteiger partial charge on any atom is -0.352 e. The largest absolute Gasteiger partial charge is 0.352 e. The molecule has 4 rings (SSSR count). The Bertz CT molecular complexity index is 1360. The fourth-order valence-corrected chi connectivity index (χ4v) is 3.75. The van der Waals surface area contributed by atoms with Crippen LogP contribution in [0, 0.1) is 6.92 Å². The molecule has 2 aromatic carbocycles. The molecule has 2 N–H and O–H groups in total. The zero-order valence-corrected chi connectivity index (χ0v) is 16.9. The SMILES string of the molecule is CCn1c(=O)c(=O)[nH]c2cc(C(=O)NCCCn3c(C)nc4ccccc43)ccc21. The average Bonchev–Trinajstić information content (AvgIpc) is 3.06. The van der Waals surface area contributed by atoms with E-state index in [9.17, 15) is 14.4 Å². The van der Waals surface area contributed by atoms with Crippen LogP contribution in [0.4, 0.5) is 0 Å². The molecule has 4 aromatic rings. The molecule has 0 aliphatic heterocycles. The highest BCUT2D eigenvalue weighted by atomic mass is 16.2. The molecule has 8 nitrogen and oxygen atoms in total. The number of fused-ring (bicyclic) bond motifs is 2. The maximum atomic E-state index is 12.5. The zero-order valence-electron chi connectivity index (χ0n) is 16.9. The van der Waals surface area contributed by atoms with E-state index in [1.807, 2.05) is 31.2 Å².